The SMILES string of the molecule is C=C(CN1CCCC1)C(=O)NCC(Cc1ccccc1)NC(=O)CCC(C)=Nc1ccc(Cl)cc1C. The summed E-state index contributed by atoms with van der Waals surface area (Å²) in [6.45, 7) is 10.8. The van der Waals surface area contributed by atoms with Crippen molar-refractivity contribution in [2.24, 2.45) is 4.99 Å². The molecule has 1 aliphatic heterocycles. The van der Waals surface area contributed by atoms with Gasteiger partial charge in [-0.05, 0) is 81.9 Å². The lowest BCUT2D eigenvalue weighted by atomic mass is 10.1. The third-order valence-electron chi connectivity index (χ3n) is 6.32. The minimum absolute atomic E-state index is 0.0662. The minimum Gasteiger partial charge on any atom is -0.351 e. The predicted octanol–water partition coefficient (Wildman–Crippen LogP) is 5.02. The second-order valence-electron chi connectivity index (χ2n) is 9.53. The molecule has 2 N–H and O–H groups in total. The quantitative estimate of drug-likeness (QED) is 0.312. The van der Waals surface area contributed by atoms with E-state index in [1.165, 1.54) is 12.8 Å². The van der Waals surface area contributed by atoms with Crippen LogP contribution in [0.2, 0.25) is 5.02 Å². The van der Waals surface area contributed by atoms with Gasteiger partial charge in [-0.1, -0.05) is 48.5 Å². The van der Waals surface area contributed by atoms with Crippen LogP contribution in [0.25, 0.3) is 0 Å². The number of nitrogens with zero attached hydrogens (tertiary/aromatic N) is 2. The maximum Gasteiger partial charge on any atom is 0.247 e. The van der Waals surface area contributed by atoms with Crippen molar-refractivity contribution in [2.75, 3.05) is 26.2 Å². The molecule has 0 saturated carbocycles. The highest BCUT2D eigenvalue weighted by Gasteiger charge is 2.18. The van der Waals surface area contributed by atoms with Crippen molar-refractivity contribution < 1.29 is 9.59 Å². The van der Waals surface area contributed by atoms with Crippen LogP contribution in [0.3, 0.4) is 0 Å². The maximum atomic E-state index is 12.8. The van der Waals surface area contributed by atoms with E-state index >= 15 is 0 Å². The lowest BCUT2D eigenvalue weighted by Crippen LogP contribution is -2.45. The fourth-order valence-corrected chi connectivity index (χ4v) is 4.52. The second kappa shape index (κ2) is 14.0. The molecule has 1 atom stereocenters. The number of benzene rings is 2. The van der Waals surface area contributed by atoms with Crippen LogP contribution < -0.4 is 10.6 Å². The Labute approximate surface area is 219 Å². The summed E-state index contributed by atoms with van der Waals surface area (Å²) in [5, 5.41) is 6.76. The van der Waals surface area contributed by atoms with Gasteiger partial charge in [0.1, 0.15) is 0 Å². The normalized spacial score (nSPS) is 14.9. The number of amides is 2. The summed E-state index contributed by atoms with van der Waals surface area (Å²) in [7, 11) is 0. The van der Waals surface area contributed by atoms with E-state index in [2.05, 4.69) is 27.1 Å². The largest absolute Gasteiger partial charge is 0.351 e. The molecule has 0 aromatic heterocycles. The van der Waals surface area contributed by atoms with Crippen LogP contribution in [0.1, 0.15) is 43.7 Å². The molecule has 2 aromatic carbocycles. The van der Waals surface area contributed by atoms with Crippen LogP contribution in [0.5, 0.6) is 0 Å². The number of nitrogens with one attached hydrogen (secondary N) is 2. The van der Waals surface area contributed by atoms with Gasteiger partial charge in [0.15, 0.2) is 0 Å². The topological polar surface area (TPSA) is 73.8 Å². The standard InChI is InChI=1S/C29H37ClN4O2/c1-21-17-25(30)12-13-27(21)32-23(3)11-14-28(35)33-26(18-24-9-5-4-6-10-24)19-31-29(36)22(2)20-34-15-7-8-16-34/h4-6,9-10,12-13,17,26H,2,7-8,11,14-16,18-20H2,1,3H3,(H,31,36)(H,33,35). The highest BCUT2D eigenvalue weighted by Crippen LogP contribution is 2.23. The second-order valence-corrected chi connectivity index (χ2v) is 9.97. The van der Waals surface area contributed by atoms with E-state index in [1.807, 2.05) is 62.4 Å². The first-order chi connectivity index (χ1) is 17.3. The summed E-state index contributed by atoms with van der Waals surface area (Å²) < 4.78 is 0. The van der Waals surface area contributed by atoms with Gasteiger partial charge in [0.25, 0.3) is 0 Å². The summed E-state index contributed by atoms with van der Waals surface area (Å²) in [6.07, 6.45) is 3.84. The molecule has 0 aliphatic carbocycles. The number of aliphatic imine (C=N–C) groups is 1. The molecule has 0 spiro atoms. The Kier molecular flexibility index (Phi) is 10.7. The van der Waals surface area contributed by atoms with Crippen LogP contribution in [0, 0.1) is 6.92 Å². The zero-order valence-corrected chi connectivity index (χ0v) is 22.1. The fourth-order valence-electron chi connectivity index (χ4n) is 4.30. The van der Waals surface area contributed by atoms with Crippen molar-refractivity contribution in [3.05, 3.63) is 76.8 Å². The van der Waals surface area contributed by atoms with Crippen LogP contribution >= 0.6 is 11.6 Å². The first kappa shape index (κ1) is 27.6. The van der Waals surface area contributed by atoms with E-state index in [-0.39, 0.29) is 17.9 Å². The third kappa shape index (κ3) is 9.25. The average Bonchev–Trinajstić information content (AvgIpc) is 3.36. The molecule has 0 bridgehead atoms. The number of carbonyl (C=O) groups excluding carboxylic acids is 2. The Bertz CT molecular complexity index is 1080. The van der Waals surface area contributed by atoms with Gasteiger partial charge in [-0.25, -0.2) is 0 Å². The van der Waals surface area contributed by atoms with E-state index in [0.29, 0.717) is 42.9 Å². The Morgan fingerprint density at radius 2 is 1.83 bits per heavy atom. The van der Waals surface area contributed by atoms with Crippen molar-refractivity contribution in [3.63, 3.8) is 0 Å². The van der Waals surface area contributed by atoms with E-state index in [9.17, 15) is 9.59 Å². The van der Waals surface area contributed by atoms with Crippen molar-refractivity contribution in [1.82, 2.24) is 15.5 Å². The molecular formula is C29H37ClN4O2. The smallest absolute Gasteiger partial charge is 0.247 e. The first-order valence-electron chi connectivity index (χ1n) is 12.6. The molecule has 1 saturated heterocycles. The van der Waals surface area contributed by atoms with Crippen LogP contribution in [-0.2, 0) is 16.0 Å². The minimum atomic E-state index is -0.223. The highest BCUT2D eigenvalue weighted by molar-refractivity contribution is 6.30. The fraction of sp³-hybridized carbons (Fsp3) is 0.414. The predicted molar refractivity (Wildman–Crippen MR) is 148 cm³/mol. The number of rotatable bonds is 12. The number of carbonyl (C=O) groups is 2. The molecule has 192 valence electrons. The molecule has 1 aliphatic rings. The zero-order chi connectivity index (χ0) is 25.9. The summed E-state index contributed by atoms with van der Waals surface area (Å²) in [4.78, 5) is 32.3. The molecule has 1 fully saturated rings. The number of hydrogen-bond donors (Lipinski definition) is 2. The third-order valence-corrected chi connectivity index (χ3v) is 6.55. The molecule has 2 aromatic rings. The van der Waals surface area contributed by atoms with Gasteiger partial charge in [0, 0.05) is 35.8 Å². The maximum absolute atomic E-state index is 12.8. The van der Waals surface area contributed by atoms with Crippen LogP contribution in [0.4, 0.5) is 5.69 Å². The number of hydrogen-bond acceptors (Lipinski definition) is 4. The highest BCUT2D eigenvalue weighted by atomic mass is 35.5. The summed E-state index contributed by atoms with van der Waals surface area (Å²) >= 11 is 6.03. The summed E-state index contributed by atoms with van der Waals surface area (Å²) in [5.74, 6) is -0.223. The van der Waals surface area contributed by atoms with E-state index in [1.54, 1.807) is 0 Å². The van der Waals surface area contributed by atoms with E-state index < -0.39 is 0 Å². The number of likely N-dealkylation sites (tertiary alicyclic amines) is 1. The van der Waals surface area contributed by atoms with Crippen LogP contribution in [-0.4, -0.2) is 54.6 Å². The van der Waals surface area contributed by atoms with E-state index in [4.69, 9.17) is 11.6 Å². The van der Waals surface area contributed by atoms with Gasteiger partial charge in [0.05, 0.1) is 11.7 Å². The molecule has 7 heteroatoms. The van der Waals surface area contributed by atoms with Crippen LogP contribution in [0.15, 0.2) is 65.7 Å². The first-order valence-corrected chi connectivity index (χ1v) is 13.0. The Balaban J connectivity index is 1.54. The monoisotopic (exact) mass is 508 g/mol. The Hall–Kier alpha value is -2.96. The molecule has 1 heterocycles. The molecule has 2 amide bonds. The van der Waals surface area contributed by atoms with E-state index in [0.717, 1.165) is 35.6 Å². The molecule has 6 nitrogen and oxygen atoms in total. The van der Waals surface area contributed by atoms with Gasteiger partial charge < -0.3 is 10.6 Å². The summed E-state index contributed by atoms with van der Waals surface area (Å²) in [5.41, 5.74) is 4.39. The Morgan fingerprint density at radius 3 is 2.53 bits per heavy atom. The molecule has 3 rings (SSSR count). The molecule has 1 unspecified atom stereocenters. The average molecular weight is 509 g/mol. The lowest BCUT2D eigenvalue weighted by molar-refractivity contribution is -0.122. The lowest BCUT2D eigenvalue weighted by Gasteiger charge is -2.21. The van der Waals surface area contributed by atoms with Gasteiger partial charge in [-0.3, -0.25) is 19.5 Å². The van der Waals surface area contributed by atoms with Gasteiger partial charge >= 0.3 is 0 Å². The van der Waals surface area contributed by atoms with Gasteiger partial charge in [0.2, 0.25) is 11.8 Å². The number of halogens is 1. The molecule has 36 heavy (non-hydrogen) atoms. The number of aryl methyl sites for hydroxylation is 1. The van der Waals surface area contributed by atoms with Gasteiger partial charge in [-0.15, -0.1) is 0 Å². The van der Waals surface area contributed by atoms with Gasteiger partial charge in [-0.2, -0.15) is 0 Å². The zero-order valence-electron chi connectivity index (χ0n) is 21.4. The van der Waals surface area contributed by atoms with Crippen molar-refractivity contribution in [2.45, 2.75) is 52.0 Å². The molecular weight excluding hydrogens is 472 g/mol. The van der Waals surface area contributed by atoms with Crippen molar-refractivity contribution in [1.29, 1.82) is 0 Å². The van der Waals surface area contributed by atoms with Crippen molar-refractivity contribution >= 4 is 34.8 Å². The summed E-state index contributed by atoms with van der Waals surface area (Å²) in [6, 6.07) is 15.3. The molecule has 0 radical (unpaired) electrons. The van der Waals surface area contributed by atoms with Crippen molar-refractivity contribution in [3.8, 4) is 0 Å². The Morgan fingerprint density at radius 1 is 1.11 bits per heavy atom.